The molecule has 23 heavy (non-hydrogen) atoms. The van der Waals surface area contributed by atoms with E-state index < -0.39 is 6.10 Å². The Kier molecular flexibility index (Phi) is 3.63. The lowest BCUT2D eigenvalue weighted by atomic mass is 9.92. The van der Waals surface area contributed by atoms with Crippen LogP contribution in [0.2, 0.25) is 0 Å². The van der Waals surface area contributed by atoms with Crippen LogP contribution in [0, 0.1) is 13.8 Å². The molecule has 3 nitrogen and oxygen atoms in total. The van der Waals surface area contributed by atoms with Crippen molar-refractivity contribution in [3.05, 3.63) is 64.2 Å². The fourth-order valence-corrected chi connectivity index (χ4v) is 3.75. The molecule has 3 heteroatoms. The number of aliphatic hydroxyl groups excluding tert-OH is 1. The molecule has 0 spiro atoms. The van der Waals surface area contributed by atoms with Gasteiger partial charge >= 0.3 is 0 Å². The van der Waals surface area contributed by atoms with Crippen molar-refractivity contribution in [3.63, 3.8) is 0 Å². The van der Waals surface area contributed by atoms with Crippen molar-refractivity contribution in [1.29, 1.82) is 0 Å². The van der Waals surface area contributed by atoms with E-state index in [1.165, 1.54) is 22.3 Å². The lowest BCUT2D eigenvalue weighted by Crippen LogP contribution is -2.47. The molecule has 0 radical (unpaired) electrons. The number of rotatable bonds is 1. The fourth-order valence-electron chi connectivity index (χ4n) is 3.75. The number of fused-ring (bicyclic) bond motifs is 2. The van der Waals surface area contributed by atoms with Crippen LogP contribution in [0.5, 0.6) is 5.75 Å². The van der Waals surface area contributed by atoms with Crippen molar-refractivity contribution in [1.82, 2.24) is 4.90 Å². The minimum absolute atomic E-state index is 0.0259. The summed E-state index contributed by atoms with van der Waals surface area (Å²) in [5.74, 6) is 0.842. The summed E-state index contributed by atoms with van der Waals surface area (Å²) in [7, 11) is 0. The lowest BCUT2D eigenvalue weighted by molar-refractivity contribution is -0.00292. The number of aryl methyl sites for hydroxylation is 2. The Morgan fingerprint density at radius 3 is 2.65 bits per heavy atom. The van der Waals surface area contributed by atoms with Crippen molar-refractivity contribution in [2.45, 2.75) is 39.0 Å². The van der Waals surface area contributed by atoms with E-state index in [1.54, 1.807) is 0 Å². The number of ether oxygens (including phenoxy) is 1. The van der Waals surface area contributed by atoms with E-state index in [9.17, 15) is 5.11 Å². The smallest absolute Gasteiger partial charge is 0.125 e. The van der Waals surface area contributed by atoms with Crippen LogP contribution < -0.4 is 4.74 Å². The van der Waals surface area contributed by atoms with E-state index in [0.29, 0.717) is 6.61 Å². The predicted molar refractivity (Wildman–Crippen MR) is 90.7 cm³/mol. The van der Waals surface area contributed by atoms with E-state index >= 15 is 0 Å². The highest BCUT2D eigenvalue weighted by Gasteiger charge is 2.35. The van der Waals surface area contributed by atoms with Crippen molar-refractivity contribution in [3.8, 4) is 5.75 Å². The van der Waals surface area contributed by atoms with Gasteiger partial charge in [-0.1, -0.05) is 24.3 Å². The zero-order chi connectivity index (χ0) is 16.0. The number of aliphatic hydroxyl groups is 1. The van der Waals surface area contributed by atoms with Crippen molar-refractivity contribution in [2.75, 3.05) is 13.2 Å². The molecule has 0 amide bonds. The number of hydrogen-bond donors (Lipinski definition) is 1. The minimum Gasteiger partial charge on any atom is -0.491 e. The second kappa shape index (κ2) is 5.66. The molecule has 2 aromatic carbocycles. The summed E-state index contributed by atoms with van der Waals surface area (Å²) in [6.45, 7) is 6.59. The van der Waals surface area contributed by atoms with E-state index in [2.05, 4.69) is 55.1 Å². The second-order valence-electron chi connectivity index (χ2n) is 6.79. The zero-order valence-electron chi connectivity index (χ0n) is 13.7. The molecule has 1 N–H and O–H groups in total. The van der Waals surface area contributed by atoms with E-state index in [4.69, 9.17) is 4.74 Å². The molecule has 0 bridgehead atoms. The SMILES string of the molecule is Cc1cc2c(cc1C)C(O)C(N1CCc3ccccc3C1)CO2. The summed E-state index contributed by atoms with van der Waals surface area (Å²) in [4.78, 5) is 2.37. The Morgan fingerprint density at radius 2 is 1.83 bits per heavy atom. The normalized spacial score (nSPS) is 23.8. The molecular weight excluding hydrogens is 286 g/mol. The summed E-state index contributed by atoms with van der Waals surface area (Å²) in [6, 6.07) is 12.8. The van der Waals surface area contributed by atoms with Gasteiger partial charge in [-0.3, -0.25) is 4.90 Å². The van der Waals surface area contributed by atoms with Crippen LogP contribution in [0.4, 0.5) is 0 Å². The third kappa shape index (κ3) is 2.54. The van der Waals surface area contributed by atoms with E-state index in [0.717, 1.165) is 30.8 Å². The van der Waals surface area contributed by atoms with Crippen molar-refractivity contribution < 1.29 is 9.84 Å². The van der Waals surface area contributed by atoms with Gasteiger partial charge in [-0.05, 0) is 54.7 Å². The molecule has 2 aliphatic heterocycles. The molecule has 0 aromatic heterocycles. The average molecular weight is 309 g/mol. The van der Waals surface area contributed by atoms with Crippen molar-refractivity contribution >= 4 is 0 Å². The molecule has 2 aromatic rings. The van der Waals surface area contributed by atoms with Gasteiger partial charge in [0.2, 0.25) is 0 Å². The van der Waals surface area contributed by atoms with Gasteiger partial charge in [0.1, 0.15) is 18.5 Å². The maximum atomic E-state index is 10.9. The maximum absolute atomic E-state index is 10.9. The summed E-state index contributed by atoms with van der Waals surface area (Å²) < 4.78 is 5.98. The molecule has 0 fully saturated rings. The Balaban J connectivity index is 1.60. The van der Waals surface area contributed by atoms with E-state index in [1.807, 2.05) is 0 Å². The third-order valence-corrected chi connectivity index (χ3v) is 5.35. The molecule has 2 atom stereocenters. The summed E-state index contributed by atoms with van der Waals surface area (Å²) in [5, 5.41) is 10.9. The Hall–Kier alpha value is -1.84. The van der Waals surface area contributed by atoms with Crippen LogP contribution in [-0.4, -0.2) is 29.2 Å². The first-order chi connectivity index (χ1) is 11.1. The van der Waals surface area contributed by atoms with Gasteiger partial charge in [0.05, 0.1) is 6.04 Å². The summed E-state index contributed by atoms with van der Waals surface area (Å²) >= 11 is 0. The summed E-state index contributed by atoms with van der Waals surface area (Å²) in [6.07, 6.45) is 0.558. The quantitative estimate of drug-likeness (QED) is 0.878. The first-order valence-electron chi connectivity index (χ1n) is 8.36. The monoisotopic (exact) mass is 309 g/mol. The maximum Gasteiger partial charge on any atom is 0.125 e. The fraction of sp³-hybridized carbons (Fsp3) is 0.400. The molecule has 2 unspecified atom stereocenters. The highest BCUT2D eigenvalue weighted by Crippen LogP contribution is 2.37. The van der Waals surface area contributed by atoms with E-state index in [-0.39, 0.29) is 6.04 Å². The first kappa shape index (κ1) is 14.7. The van der Waals surface area contributed by atoms with Crippen LogP contribution in [-0.2, 0) is 13.0 Å². The van der Waals surface area contributed by atoms with Gasteiger partial charge in [-0.2, -0.15) is 0 Å². The van der Waals surface area contributed by atoms with Gasteiger partial charge in [0.15, 0.2) is 0 Å². The molecule has 2 aliphatic rings. The van der Waals surface area contributed by atoms with Crippen LogP contribution in [0.1, 0.15) is 33.9 Å². The molecular formula is C20H23NO2. The lowest BCUT2D eigenvalue weighted by Gasteiger charge is -2.40. The molecule has 0 saturated carbocycles. The average Bonchev–Trinajstić information content (AvgIpc) is 2.57. The zero-order valence-corrected chi connectivity index (χ0v) is 13.7. The van der Waals surface area contributed by atoms with Crippen LogP contribution in [0.15, 0.2) is 36.4 Å². The van der Waals surface area contributed by atoms with Gasteiger partial charge < -0.3 is 9.84 Å². The minimum atomic E-state index is -0.483. The third-order valence-electron chi connectivity index (χ3n) is 5.35. The Bertz CT molecular complexity index is 740. The molecule has 4 rings (SSSR count). The Morgan fingerprint density at radius 1 is 1.09 bits per heavy atom. The second-order valence-corrected chi connectivity index (χ2v) is 6.79. The first-order valence-corrected chi connectivity index (χ1v) is 8.36. The van der Waals surface area contributed by atoms with Crippen LogP contribution >= 0.6 is 0 Å². The Labute approximate surface area is 137 Å². The highest BCUT2D eigenvalue weighted by atomic mass is 16.5. The number of nitrogens with zero attached hydrogens (tertiary/aromatic N) is 1. The van der Waals surface area contributed by atoms with Crippen LogP contribution in [0.3, 0.4) is 0 Å². The van der Waals surface area contributed by atoms with Gasteiger partial charge in [-0.15, -0.1) is 0 Å². The number of benzene rings is 2. The van der Waals surface area contributed by atoms with Crippen molar-refractivity contribution in [2.24, 2.45) is 0 Å². The topological polar surface area (TPSA) is 32.7 Å². The standard InChI is InChI=1S/C20H23NO2/c1-13-9-17-19(10-14(13)2)23-12-18(20(17)22)21-8-7-15-5-3-4-6-16(15)11-21/h3-6,9-10,18,20,22H,7-8,11-12H2,1-2H3. The molecule has 0 saturated heterocycles. The van der Waals surface area contributed by atoms with Gasteiger partial charge in [0.25, 0.3) is 0 Å². The van der Waals surface area contributed by atoms with Gasteiger partial charge in [0, 0.05) is 18.7 Å². The molecule has 0 aliphatic carbocycles. The predicted octanol–water partition coefficient (Wildman–Crippen LogP) is 3.16. The van der Waals surface area contributed by atoms with Gasteiger partial charge in [-0.25, -0.2) is 0 Å². The number of hydrogen-bond acceptors (Lipinski definition) is 3. The largest absolute Gasteiger partial charge is 0.491 e. The molecule has 120 valence electrons. The van der Waals surface area contributed by atoms with Crippen LogP contribution in [0.25, 0.3) is 0 Å². The molecule has 2 heterocycles. The summed E-state index contributed by atoms with van der Waals surface area (Å²) in [5.41, 5.74) is 6.15. The highest BCUT2D eigenvalue weighted by molar-refractivity contribution is 5.45.